The van der Waals surface area contributed by atoms with E-state index in [-0.39, 0.29) is 18.4 Å². The van der Waals surface area contributed by atoms with E-state index in [4.69, 9.17) is 5.73 Å². The van der Waals surface area contributed by atoms with Gasteiger partial charge in [0, 0.05) is 15.4 Å². The van der Waals surface area contributed by atoms with Crippen LogP contribution in [0.15, 0.2) is 15.9 Å². The maximum atomic E-state index is 6.23. The summed E-state index contributed by atoms with van der Waals surface area (Å²) in [5.74, 6) is 0.718. The normalized spacial score (nSPS) is 19.3. The minimum atomic E-state index is 0. The summed E-state index contributed by atoms with van der Waals surface area (Å²) in [6.45, 7) is 0. The van der Waals surface area contributed by atoms with Gasteiger partial charge in [0.15, 0.2) is 0 Å². The smallest absolute Gasteiger partial charge is 0.0429 e. The van der Waals surface area contributed by atoms with Crippen molar-refractivity contribution in [1.29, 1.82) is 0 Å². The summed E-state index contributed by atoms with van der Waals surface area (Å²) in [4.78, 5) is 1.33. The van der Waals surface area contributed by atoms with E-state index >= 15 is 0 Å². The number of rotatable bonds is 2. The molecule has 0 saturated heterocycles. The van der Waals surface area contributed by atoms with Crippen LogP contribution in [0.5, 0.6) is 0 Å². The SMILES string of the molecule is Cl.N[C@@H](c1sccc1Br)C1CCCC1. The van der Waals surface area contributed by atoms with Gasteiger partial charge in [0.25, 0.3) is 0 Å². The standard InChI is InChI=1S/C10H14BrNS.ClH/c11-8-5-6-13-10(8)9(12)7-3-1-2-4-7;/h5-7,9H,1-4,12H2;1H/t9-;/m1./s1. The molecule has 2 rings (SSSR count). The molecule has 0 spiro atoms. The van der Waals surface area contributed by atoms with Crippen molar-refractivity contribution >= 4 is 39.7 Å². The first-order valence-electron chi connectivity index (χ1n) is 4.77. The van der Waals surface area contributed by atoms with E-state index < -0.39 is 0 Å². The zero-order valence-electron chi connectivity index (χ0n) is 7.91. The number of nitrogens with two attached hydrogens (primary N) is 1. The average Bonchev–Trinajstić information content (AvgIpc) is 2.72. The maximum Gasteiger partial charge on any atom is 0.0429 e. The molecule has 0 unspecified atom stereocenters. The Balaban J connectivity index is 0.000000980. The average molecular weight is 297 g/mol. The second-order valence-corrected chi connectivity index (χ2v) is 5.51. The third-order valence-corrected chi connectivity index (χ3v) is 4.83. The quantitative estimate of drug-likeness (QED) is 0.873. The van der Waals surface area contributed by atoms with Crippen LogP contribution < -0.4 is 5.73 Å². The van der Waals surface area contributed by atoms with Crippen molar-refractivity contribution in [2.45, 2.75) is 31.7 Å². The summed E-state index contributed by atoms with van der Waals surface area (Å²) in [6.07, 6.45) is 5.35. The summed E-state index contributed by atoms with van der Waals surface area (Å²) in [5.41, 5.74) is 6.23. The van der Waals surface area contributed by atoms with Crippen molar-refractivity contribution in [3.8, 4) is 0 Å². The molecule has 0 amide bonds. The van der Waals surface area contributed by atoms with Gasteiger partial charge in [0.2, 0.25) is 0 Å². The molecular weight excluding hydrogens is 282 g/mol. The van der Waals surface area contributed by atoms with E-state index in [9.17, 15) is 0 Å². The van der Waals surface area contributed by atoms with Crippen LogP contribution in [0.25, 0.3) is 0 Å². The molecule has 1 aliphatic carbocycles. The first kappa shape index (κ1) is 12.5. The van der Waals surface area contributed by atoms with Gasteiger partial charge in [-0.25, -0.2) is 0 Å². The number of halogens is 2. The minimum absolute atomic E-state index is 0. The highest BCUT2D eigenvalue weighted by atomic mass is 79.9. The fourth-order valence-electron chi connectivity index (χ4n) is 2.07. The Morgan fingerprint density at radius 2 is 2.07 bits per heavy atom. The molecule has 1 aliphatic rings. The number of thiophene rings is 1. The predicted octanol–water partition coefficient (Wildman–Crippen LogP) is 4.12. The number of hydrogen-bond acceptors (Lipinski definition) is 2. The van der Waals surface area contributed by atoms with E-state index in [1.54, 1.807) is 11.3 Å². The van der Waals surface area contributed by atoms with Crippen molar-refractivity contribution in [2.75, 3.05) is 0 Å². The van der Waals surface area contributed by atoms with Gasteiger partial charge in [-0.05, 0) is 46.1 Å². The molecule has 1 aromatic heterocycles. The van der Waals surface area contributed by atoms with Crippen molar-refractivity contribution in [3.63, 3.8) is 0 Å². The Morgan fingerprint density at radius 1 is 1.43 bits per heavy atom. The molecule has 80 valence electrons. The molecular formula is C10H15BrClNS. The lowest BCUT2D eigenvalue weighted by molar-refractivity contribution is 0.449. The van der Waals surface area contributed by atoms with Gasteiger partial charge in [-0.1, -0.05) is 12.8 Å². The van der Waals surface area contributed by atoms with E-state index in [2.05, 4.69) is 27.4 Å². The lowest BCUT2D eigenvalue weighted by Crippen LogP contribution is -2.18. The van der Waals surface area contributed by atoms with Crippen LogP contribution in [-0.2, 0) is 0 Å². The molecule has 1 fully saturated rings. The van der Waals surface area contributed by atoms with Crippen molar-refractivity contribution < 1.29 is 0 Å². The second kappa shape index (κ2) is 5.50. The molecule has 1 saturated carbocycles. The van der Waals surface area contributed by atoms with Crippen LogP contribution in [0, 0.1) is 5.92 Å². The maximum absolute atomic E-state index is 6.23. The van der Waals surface area contributed by atoms with Crippen LogP contribution >= 0.6 is 39.7 Å². The Morgan fingerprint density at radius 3 is 2.57 bits per heavy atom. The molecule has 4 heteroatoms. The van der Waals surface area contributed by atoms with E-state index in [0.29, 0.717) is 0 Å². The Bertz CT molecular complexity index is 283. The molecule has 14 heavy (non-hydrogen) atoms. The minimum Gasteiger partial charge on any atom is -0.323 e. The topological polar surface area (TPSA) is 26.0 Å². The molecule has 0 radical (unpaired) electrons. The lowest BCUT2D eigenvalue weighted by Gasteiger charge is -2.17. The van der Waals surface area contributed by atoms with Crippen molar-refractivity contribution in [3.05, 3.63) is 20.8 Å². The fraction of sp³-hybridized carbons (Fsp3) is 0.600. The Hall–Kier alpha value is 0.430. The zero-order chi connectivity index (χ0) is 9.26. The third kappa shape index (κ3) is 2.51. The summed E-state index contributed by atoms with van der Waals surface area (Å²) in [7, 11) is 0. The predicted molar refractivity (Wildman–Crippen MR) is 68.2 cm³/mol. The monoisotopic (exact) mass is 295 g/mol. The highest BCUT2D eigenvalue weighted by Gasteiger charge is 2.25. The van der Waals surface area contributed by atoms with Gasteiger partial charge in [0.05, 0.1) is 0 Å². The highest BCUT2D eigenvalue weighted by Crippen LogP contribution is 2.38. The van der Waals surface area contributed by atoms with Crippen LogP contribution in [-0.4, -0.2) is 0 Å². The Kier molecular flexibility index (Phi) is 4.91. The summed E-state index contributed by atoms with van der Waals surface area (Å²) in [6, 6.07) is 2.35. The highest BCUT2D eigenvalue weighted by molar-refractivity contribution is 9.10. The largest absolute Gasteiger partial charge is 0.323 e. The van der Waals surface area contributed by atoms with Crippen LogP contribution in [0.4, 0.5) is 0 Å². The van der Waals surface area contributed by atoms with Crippen molar-refractivity contribution in [2.24, 2.45) is 11.7 Å². The van der Waals surface area contributed by atoms with Crippen LogP contribution in [0.3, 0.4) is 0 Å². The molecule has 2 N–H and O–H groups in total. The molecule has 0 aliphatic heterocycles. The van der Waals surface area contributed by atoms with E-state index in [1.165, 1.54) is 35.0 Å². The first-order valence-corrected chi connectivity index (χ1v) is 6.45. The molecule has 1 heterocycles. The zero-order valence-corrected chi connectivity index (χ0v) is 11.1. The molecule has 0 bridgehead atoms. The summed E-state index contributed by atoms with van der Waals surface area (Å²) >= 11 is 5.32. The third-order valence-electron chi connectivity index (χ3n) is 2.86. The van der Waals surface area contributed by atoms with Gasteiger partial charge < -0.3 is 5.73 Å². The second-order valence-electron chi connectivity index (χ2n) is 3.70. The lowest BCUT2D eigenvalue weighted by atomic mass is 9.98. The molecule has 1 aromatic rings. The first-order chi connectivity index (χ1) is 6.29. The van der Waals surface area contributed by atoms with Crippen LogP contribution in [0.2, 0.25) is 0 Å². The van der Waals surface area contributed by atoms with Gasteiger partial charge in [-0.2, -0.15) is 0 Å². The van der Waals surface area contributed by atoms with Gasteiger partial charge in [-0.15, -0.1) is 23.7 Å². The van der Waals surface area contributed by atoms with Gasteiger partial charge in [-0.3, -0.25) is 0 Å². The van der Waals surface area contributed by atoms with Crippen LogP contribution in [0.1, 0.15) is 36.6 Å². The van der Waals surface area contributed by atoms with Gasteiger partial charge >= 0.3 is 0 Å². The fourth-order valence-corrected chi connectivity index (χ4v) is 3.81. The summed E-state index contributed by atoms with van der Waals surface area (Å²) in [5, 5.41) is 2.11. The molecule has 1 nitrogen and oxygen atoms in total. The van der Waals surface area contributed by atoms with Crippen molar-refractivity contribution in [1.82, 2.24) is 0 Å². The van der Waals surface area contributed by atoms with Gasteiger partial charge in [0.1, 0.15) is 0 Å². The van der Waals surface area contributed by atoms with E-state index in [1.807, 2.05) is 0 Å². The number of hydrogen-bond donors (Lipinski definition) is 1. The van der Waals surface area contributed by atoms with E-state index in [0.717, 1.165) is 5.92 Å². The molecule has 0 aromatic carbocycles. The Labute approximate surface area is 104 Å². The summed E-state index contributed by atoms with van der Waals surface area (Å²) < 4.78 is 1.19. The molecule has 1 atom stereocenters.